The minimum Gasteiger partial charge on any atom is -0.166 e. The molecule has 0 bridgehead atoms. The summed E-state index contributed by atoms with van der Waals surface area (Å²) < 4.78 is 36.8. The van der Waals surface area contributed by atoms with Gasteiger partial charge in [-0.05, 0) is 36.6 Å². The van der Waals surface area contributed by atoms with Crippen LogP contribution in [0.5, 0.6) is 0 Å². The summed E-state index contributed by atoms with van der Waals surface area (Å²) in [4.78, 5) is 0. The molecule has 16 heavy (non-hydrogen) atoms. The van der Waals surface area contributed by atoms with Crippen molar-refractivity contribution < 1.29 is 13.2 Å². The molecule has 1 aromatic carbocycles. The van der Waals surface area contributed by atoms with Crippen molar-refractivity contribution in [2.24, 2.45) is 0 Å². The standard InChI is InChI=1S/C13H13F3/c1-9-6-4-5-7-12(9)10(2)8-11(3)13(14,15)16/h4-8H,3H2,1-2H3/b10-8-. The lowest BCUT2D eigenvalue weighted by molar-refractivity contribution is -0.0877. The van der Waals surface area contributed by atoms with Gasteiger partial charge in [0.25, 0.3) is 0 Å². The highest BCUT2D eigenvalue weighted by Gasteiger charge is 2.30. The Balaban J connectivity index is 3.04. The molecule has 0 spiro atoms. The van der Waals surface area contributed by atoms with Crippen LogP contribution in [-0.2, 0) is 0 Å². The molecule has 0 unspecified atom stereocenters. The molecule has 0 N–H and O–H groups in total. The van der Waals surface area contributed by atoms with E-state index in [0.29, 0.717) is 5.57 Å². The predicted octanol–water partition coefficient (Wildman–Crippen LogP) is 4.52. The second-order valence-corrected chi connectivity index (χ2v) is 3.67. The third-order valence-corrected chi connectivity index (χ3v) is 2.32. The quantitative estimate of drug-likeness (QED) is 0.650. The van der Waals surface area contributed by atoms with Gasteiger partial charge in [-0.25, -0.2) is 0 Å². The second kappa shape index (κ2) is 4.56. The molecule has 0 saturated heterocycles. The molecule has 0 aliphatic rings. The monoisotopic (exact) mass is 226 g/mol. The summed E-state index contributed by atoms with van der Waals surface area (Å²) in [5.74, 6) is 0. The van der Waals surface area contributed by atoms with Crippen LogP contribution in [0.1, 0.15) is 18.1 Å². The number of aryl methyl sites for hydroxylation is 1. The molecule has 1 aromatic rings. The Bertz CT molecular complexity index is 425. The molecule has 0 aliphatic carbocycles. The summed E-state index contributed by atoms with van der Waals surface area (Å²) in [5.41, 5.74) is 1.51. The highest BCUT2D eigenvalue weighted by molar-refractivity contribution is 5.68. The average Bonchev–Trinajstić information content (AvgIpc) is 2.16. The number of allylic oxidation sites excluding steroid dienone is 3. The maximum absolute atomic E-state index is 12.3. The lowest BCUT2D eigenvalue weighted by Gasteiger charge is -2.09. The number of benzene rings is 1. The molecular weight excluding hydrogens is 213 g/mol. The Morgan fingerprint density at radius 2 is 1.81 bits per heavy atom. The third kappa shape index (κ3) is 2.99. The van der Waals surface area contributed by atoms with Gasteiger partial charge >= 0.3 is 6.18 Å². The molecule has 0 nitrogen and oxygen atoms in total. The lowest BCUT2D eigenvalue weighted by atomic mass is 10.0. The largest absolute Gasteiger partial charge is 0.415 e. The van der Waals surface area contributed by atoms with Gasteiger partial charge in [0.15, 0.2) is 0 Å². The molecule has 0 atom stereocenters. The Hall–Kier alpha value is -1.51. The number of hydrogen-bond donors (Lipinski definition) is 0. The van der Waals surface area contributed by atoms with E-state index in [9.17, 15) is 13.2 Å². The molecule has 0 aromatic heterocycles. The molecule has 0 amide bonds. The fraction of sp³-hybridized carbons (Fsp3) is 0.231. The zero-order valence-electron chi connectivity index (χ0n) is 9.23. The van der Waals surface area contributed by atoms with Gasteiger partial charge in [0.1, 0.15) is 0 Å². The van der Waals surface area contributed by atoms with E-state index in [1.807, 2.05) is 19.1 Å². The van der Waals surface area contributed by atoms with Crippen molar-refractivity contribution in [2.45, 2.75) is 20.0 Å². The molecule has 0 saturated carbocycles. The topological polar surface area (TPSA) is 0 Å². The first-order valence-electron chi connectivity index (χ1n) is 4.83. The van der Waals surface area contributed by atoms with Crippen molar-refractivity contribution in [3.05, 3.63) is 53.6 Å². The first kappa shape index (κ1) is 12.6. The summed E-state index contributed by atoms with van der Waals surface area (Å²) in [5, 5.41) is 0. The van der Waals surface area contributed by atoms with Gasteiger partial charge in [-0.2, -0.15) is 13.2 Å². The molecule has 0 aliphatic heterocycles. The van der Waals surface area contributed by atoms with Crippen molar-refractivity contribution in [1.29, 1.82) is 0 Å². The molecule has 3 heteroatoms. The number of halogens is 3. The first-order chi connectivity index (χ1) is 7.32. The SMILES string of the molecule is C=C(/C=C(/C)c1ccccc1C)C(F)(F)F. The fourth-order valence-electron chi connectivity index (χ4n) is 1.44. The number of alkyl halides is 3. The van der Waals surface area contributed by atoms with Gasteiger partial charge in [0.2, 0.25) is 0 Å². The number of hydrogen-bond acceptors (Lipinski definition) is 0. The highest BCUT2D eigenvalue weighted by Crippen LogP contribution is 2.28. The van der Waals surface area contributed by atoms with Gasteiger partial charge in [-0.1, -0.05) is 30.8 Å². The van der Waals surface area contributed by atoms with Crippen molar-refractivity contribution in [3.8, 4) is 0 Å². The third-order valence-electron chi connectivity index (χ3n) is 2.32. The van der Waals surface area contributed by atoms with Crippen molar-refractivity contribution >= 4 is 5.57 Å². The van der Waals surface area contributed by atoms with E-state index in [0.717, 1.165) is 17.2 Å². The Morgan fingerprint density at radius 1 is 1.25 bits per heavy atom. The van der Waals surface area contributed by atoms with Gasteiger partial charge in [0.05, 0.1) is 0 Å². The van der Waals surface area contributed by atoms with E-state index in [4.69, 9.17) is 0 Å². The summed E-state index contributed by atoms with van der Waals surface area (Å²) in [6.07, 6.45) is -3.29. The molecule has 0 heterocycles. The summed E-state index contributed by atoms with van der Waals surface area (Å²) in [6.45, 7) is 6.54. The molecular formula is C13H13F3. The summed E-state index contributed by atoms with van der Waals surface area (Å²) in [7, 11) is 0. The normalized spacial score (nSPS) is 12.7. The Morgan fingerprint density at radius 3 is 2.31 bits per heavy atom. The smallest absolute Gasteiger partial charge is 0.166 e. The molecule has 1 rings (SSSR count). The minimum absolute atomic E-state index is 0.570. The minimum atomic E-state index is -4.36. The van der Waals surface area contributed by atoms with E-state index in [1.54, 1.807) is 19.1 Å². The van der Waals surface area contributed by atoms with Gasteiger partial charge < -0.3 is 0 Å². The van der Waals surface area contributed by atoms with E-state index >= 15 is 0 Å². The zero-order chi connectivity index (χ0) is 12.3. The van der Waals surface area contributed by atoms with Gasteiger partial charge in [-0.15, -0.1) is 0 Å². The predicted molar refractivity (Wildman–Crippen MR) is 60.0 cm³/mol. The van der Waals surface area contributed by atoms with E-state index in [1.165, 1.54) is 0 Å². The van der Waals surface area contributed by atoms with Gasteiger partial charge in [-0.3, -0.25) is 0 Å². The van der Waals surface area contributed by atoms with E-state index in [-0.39, 0.29) is 0 Å². The van der Waals surface area contributed by atoms with Crippen LogP contribution in [0, 0.1) is 6.92 Å². The van der Waals surface area contributed by atoms with Crippen molar-refractivity contribution in [1.82, 2.24) is 0 Å². The zero-order valence-corrected chi connectivity index (χ0v) is 9.23. The van der Waals surface area contributed by atoms with Crippen LogP contribution in [0.3, 0.4) is 0 Å². The van der Waals surface area contributed by atoms with Crippen LogP contribution in [0.4, 0.5) is 13.2 Å². The highest BCUT2D eigenvalue weighted by atomic mass is 19.4. The van der Waals surface area contributed by atoms with Crippen LogP contribution in [0.2, 0.25) is 0 Å². The van der Waals surface area contributed by atoms with Crippen LogP contribution in [0.15, 0.2) is 42.5 Å². The average molecular weight is 226 g/mol. The summed E-state index contributed by atoms with van der Waals surface area (Å²) >= 11 is 0. The summed E-state index contributed by atoms with van der Waals surface area (Å²) in [6, 6.07) is 7.31. The fourth-order valence-corrected chi connectivity index (χ4v) is 1.44. The van der Waals surface area contributed by atoms with Crippen LogP contribution in [0.25, 0.3) is 5.57 Å². The first-order valence-corrected chi connectivity index (χ1v) is 4.83. The van der Waals surface area contributed by atoms with E-state index < -0.39 is 11.7 Å². The van der Waals surface area contributed by atoms with Crippen LogP contribution in [-0.4, -0.2) is 6.18 Å². The Kier molecular flexibility index (Phi) is 3.58. The van der Waals surface area contributed by atoms with E-state index in [2.05, 4.69) is 6.58 Å². The Labute approximate surface area is 93.1 Å². The van der Waals surface area contributed by atoms with Crippen molar-refractivity contribution in [2.75, 3.05) is 0 Å². The maximum Gasteiger partial charge on any atom is 0.415 e. The lowest BCUT2D eigenvalue weighted by Crippen LogP contribution is -2.08. The molecule has 0 fully saturated rings. The molecule has 0 radical (unpaired) electrons. The molecule has 86 valence electrons. The maximum atomic E-state index is 12.3. The van der Waals surface area contributed by atoms with Gasteiger partial charge in [0, 0.05) is 5.57 Å². The van der Waals surface area contributed by atoms with Crippen molar-refractivity contribution in [3.63, 3.8) is 0 Å². The van der Waals surface area contributed by atoms with Crippen LogP contribution >= 0.6 is 0 Å². The second-order valence-electron chi connectivity index (χ2n) is 3.67. The van der Waals surface area contributed by atoms with Crippen LogP contribution < -0.4 is 0 Å². The number of rotatable bonds is 2.